The van der Waals surface area contributed by atoms with Crippen LogP contribution >= 0.6 is 0 Å². The number of nitrogens with zero attached hydrogens (tertiary/aromatic N) is 8. The third-order valence-electron chi connectivity index (χ3n) is 7.94. The maximum atomic E-state index is 13.5. The minimum absolute atomic E-state index is 0.177. The Bertz CT molecular complexity index is 2000. The van der Waals surface area contributed by atoms with Gasteiger partial charge >= 0.3 is 6.09 Å². The number of pyridine rings is 1. The molecule has 240 valence electrons. The molecule has 0 saturated carbocycles. The number of aromatic nitrogens is 7. The summed E-state index contributed by atoms with van der Waals surface area (Å²) in [5, 5.41) is 8.87. The first kappa shape index (κ1) is 30.8. The second-order valence-corrected chi connectivity index (χ2v) is 13.1. The summed E-state index contributed by atoms with van der Waals surface area (Å²) in [5.74, 6) is 1.19. The Labute approximate surface area is 266 Å². The highest BCUT2D eigenvalue weighted by atomic mass is 16.6. The molecule has 1 aliphatic heterocycles. The van der Waals surface area contributed by atoms with Crippen molar-refractivity contribution < 1.29 is 14.3 Å². The second kappa shape index (κ2) is 11.6. The van der Waals surface area contributed by atoms with Gasteiger partial charge in [-0.05, 0) is 58.9 Å². The third-order valence-corrected chi connectivity index (χ3v) is 7.94. The molecule has 46 heavy (non-hydrogen) atoms. The first-order chi connectivity index (χ1) is 21.8. The number of aryl methyl sites for hydroxylation is 1. The average molecular weight is 626 g/mol. The van der Waals surface area contributed by atoms with E-state index in [4.69, 9.17) is 19.4 Å². The number of amides is 1. The van der Waals surface area contributed by atoms with Crippen LogP contribution in [0.15, 0.2) is 66.2 Å². The fourth-order valence-electron chi connectivity index (χ4n) is 5.84. The van der Waals surface area contributed by atoms with Crippen LogP contribution in [0.3, 0.4) is 0 Å². The number of rotatable bonds is 7. The van der Waals surface area contributed by atoms with Gasteiger partial charge in [0, 0.05) is 55.3 Å². The van der Waals surface area contributed by atoms with Crippen LogP contribution < -0.4 is 15.6 Å². The predicted octanol–water partition coefficient (Wildman–Crippen LogP) is 5.35. The lowest BCUT2D eigenvalue weighted by atomic mass is 9.89. The number of allylic oxidation sites excluding steroid dienone is 1. The summed E-state index contributed by atoms with van der Waals surface area (Å²) in [6.45, 7) is 14.2. The highest BCUT2D eigenvalue weighted by Gasteiger charge is 2.40. The van der Waals surface area contributed by atoms with Crippen LogP contribution in [0.25, 0.3) is 27.8 Å². The van der Waals surface area contributed by atoms with Gasteiger partial charge in [0.05, 0.1) is 18.3 Å². The number of nitrogens with one attached hydrogen (secondary N) is 1. The van der Waals surface area contributed by atoms with E-state index in [2.05, 4.69) is 22.0 Å². The highest BCUT2D eigenvalue weighted by Crippen LogP contribution is 2.32. The summed E-state index contributed by atoms with van der Waals surface area (Å²) >= 11 is 0. The van der Waals surface area contributed by atoms with Crippen LogP contribution in [0.1, 0.15) is 47.5 Å². The molecule has 5 heterocycles. The van der Waals surface area contributed by atoms with Gasteiger partial charge in [-0.1, -0.05) is 12.1 Å². The summed E-state index contributed by atoms with van der Waals surface area (Å²) in [7, 11) is 1.89. The predicted molar refractivity (Wildman–Crippen MR) is 176 cm³/mol. The van der Waals surface area contributed by atoms with Gasteiger partial charge in [-0.25, -0.2) is 19.1 Å². The molecule has 5 aromatic rings. The monoisotopic (exact) mass is 625 g/mol. The van der Waals surface area contributed by atoms with Crippen LogP contribution in [0.5, 0.6) is 5.88 Å². The number of anilines is 2. The molecule has 1 N–H and O–H groups in total. The molecular formula is C33H39N9O4. The Balaban J connectivity index is 1.28. The van der Waals surface area contributed by atoms with Gasteiger partial charge in [-0.2, -0.15) is 15.1 Å². The van der Waals surface area contributed by atoms with E-state index in [-0.39, 0.29) is 24.3 Å². The fraction of sp³-hybridized carbons (Fsp3) is 0.394. The summed E-state index contributed by atoms with van der Waals surface area (Å²) < 4.78 is 17.0. The average Bonchev–Trinajstić information content (AvgIpc) is 3.48. The van der Waals surface area contributed by atoms with Crippen LogP contribution in [-0.4, -0.2) is 68.9 Å². The van der Waals surface area contributed by atoms with Crippen molar-refractivity contribution in [2.75, 3.05) is 11.9 Å². The van der Waals surface area contributed by atoms with Crippen molar-refractivity contribution in [1.29, 1.82) is 0 Å². The van der Waals surface area contributed by atoms with Crippen molar-refractivity contribution in [3.8, 4) is 11.7 Å². The molecule has 0 aliphatic carbocycles. The van der Waals surface area contributed by atoms with Crippen molar-refractivity contribution >= 4 is 39.7 Å². The minimum Gasteiger partial charge on any atom is -0.474 e. The number of benzene rings is 1. The van der Waals surface area contributed by atoms with E-state index in [9.17, 15) is 9.59 Å². The van der Waals surface area contributed by atoms with E-state index in [1.54, 1.807) is 38.7 Å². The Hall–Kier alpha value is -5.20. The van der Waals surface area contributed by atoms with Gasteiger partial charge in [-0.3, -0.25) is 9.48 Å². The van der Waals surface area contributed by atoms with E-state index in [0.717, 1.165) is 16.6 Å². The Morgan fingerprint density at radius 1 is 1.17 bits per heavy atom. The Morgan fingerprint density at radius 3 is 2.72 bits per heavy atom. The van der Waals surface area contributed by atoms with Gasteiger partial charge in [0.1, 0.15) is 17.1 Å². The molecule has 1 saturated heterocycles. The Morgan fingerprint density at radius 2 is 1.98 bits per heavy atom. The molecule has 0 spiro atoms. The molecule has 1 unspecified atom stereocenters. The Kier molecular flexibility index (Phi) is 7.78. The number of fused-ring (bicyclic) bond motifs is 2. The number of hydrogen-bond donors (Lipinski definition) is 1. The molecule has 13 nitrogen and oxygen atoms in total. The maximum absolute atomic E-state index is 13.5. The molecular weight excluding hydrogens is 586 g/mol. The second-order valence-electron chi connectivity index (χ2n) is 13.1. The molecule has 1 aliphatic rings. The van der Waals surface area contributed by atoms with Crippen molar-refractivity contribution in [2.45, 2.75) is 71.2 Å². The van der Waals surface area contributed by atoms with Crippen LogP contribution in [-0.2, 0) is 18.3 Å². The van der Waals surface area contributed by atoms with Gasteiger partial charge in [0.25, 0.3) is 5.56 Å². The van der Waals surface area contributed by atoms with Crippen molar-refractivity contribution in [1.82, 2.24) is 39.0 Å². The molecule has 0 bridgehead atoms. The first-order valence-electron chi connectivity index (χ1n) is 15.3. The third kappa shape index (κ3) is 6.04. The smallest absolute Gasteiger partial charge is 0.410 e. The highest BCUT2D eigenvalue weighted by molar-refractivity contribution is 5.83. The molecule has 6 rings (SSSR count). The van der Waals surface area contributed by atoms with Crippen molar-refractivity contribution in [3.63, 3.8) is 0 Å². The number of hydrogen-bond acceptors (Lipinski definition) is 9. The lowest BCUT2D eigenvalue weighted by Gasteiger charge is -2.45. The minimum atomic E-state index is -0.574. The number of ether oxygens (including phenoxy) is 2. The van der Waals surface area contributed by atoms with Crippen molar-refractivity contribution in [2.24, 2.45) is 7.05 Å². The van der Waals surface area contributed by atoms with Crippen LogP contribution in [0.4, 0.5) is 16.4 Å². The van der Waals surface area contributed by atoms with Gasteiger partial charge in [0.15, 0.2) is 11.5 Å². The number of carbonyl (C=O) groups excluding carboxylic acids is 1. The number of likely N-dealkylation sites (tertiary alicyclic amines) is 1. The molecule has 0 radical (unpaired) electrons. The molecule has 1 amide bonds. The van der Waals surface area contributed by atoms with E-state index in [0.29, 0.717) is 48.1 Å². The number of piperidine rings is 1. The zero-order valence-corrected chi connectivity index (χ0v) is 27.0. The summed E-state index contributed by atoms with van der Waals surface area (Å²) in [5.41, 5.74) is 0.864. The van der Waals surface area contributed by atoms with E-state index in [1.165, 1.54) is 10.9 Å². The molecule has 1 atom stereocenters. The van der Waals surface area contributed by atoms with Crippen molar-refractivity contribution in [3.05, 3.63) is 71.8 Å². The van der Waals surface area contributed by atoms with Gasteiger partial charge in [0.2, 0.25) is 11.8 Å². The molecule has 13 heteroatoms. The zero-order valence-electron chi connectivity index (χ0n) is 27.0. The van der Waals surface area contributed by atoms with Gasteiger partial charge < -0.3 is 19.7 Å². The largest absolute Gasteiger partial charge is 0.474 e. The molecule has 1 fully saturated rings. The van der Waals surface area contributed by atoms with E-state index in [1.807, 2.05) is 65.9 Å². The van der Waals surface area contributed by atoms with E-state index >= 15 is 0 Å². The summed E-state index contributed by atoms with van der Waals surface area (Å²) in [4.78, 5) is 42.1. The lowest BCUT2D eigenvalue weighted by molar-refractivity contribution is -0.0268. The van der Waals surface area contributed by atoms with Crippen LogP contribution in [0, 0.1) is 0 Å². The maximum Gasteiger partial charge on any atom is 0.410 e. The summed E-state index contributed by atoms with van der Waals surface area (Å²) in [6.07, 6.45) is 5.67. The normalized spacial score (nSPS) is 16.5. The van der Waals surface area contributed by atoms with E-state index < -0.39 is 11.1 Å². The summed E-state index contributed by atoms with van der Waals surface area (Å²) in [6, 6.07) is 11.3. The quantitative estimate of drug-likeness (QED) is 0.238. The first-order valence-corrected chi connectivity index (χ1v) is 15.3. The lowest BCUT2D eigenvalue weighted by Crippen LogP contribution is -2.56. The number of carbonyl (C=O) groups is 1. The van der Waals surface area contributed by atoms with Gasteiger partial charge in [-0.15, -0.1) is 6.58 Å². The standard InChI is InChI=1S/C33H39N9O4/c1-8-15-41-29(43)24-20-34-30(36-22-12-13-25-21(17-22)19-35-39(25)7)38-28(24)42(41)26-10-9-11-27(37-26)45-23-14-16-40(33(5,6)18-23)31(44)46-32(2,3)4/h8-13,17,19-20,23H,1,14-16,18H2,2-7H3,(H,34,36,38). The topological polar surface area (TPSA) is 134 Å². The zero-order chi connectivity index (χ0) is 32.8. The van der Waals surface area contributed by atoms with Crippen LogP contribution in [0.2, 0.25) is 0 Å². The molecule has 1 aromatic carbocycles. The fourth-order valence-corrected chi connectivity index (χ4v) is 5.84. The SMILES string of the molecule is C=CCn1c(=O)c2cnc(Nc3ccc4c(cnn4C)c3)nc2n1-c1cccc(OC2CCN(C(=O)OC(C)(C)C)C(C)(C)C2)n1. The molecule has 4 aromatic heterocycles.